The Morgan fingerprint density at radius 2 is 1.39 bits per heavy atom. The second-order valence-electron chi connectivity index (χ2n) is 5.07. The Hall–Kier alpha value is -2.69. The number of rotatable bonds is 6. The largest absolute Gasteiger partial charge is 0.497 e. The molecule has 2 rings (SSSR count). The van der Waals surface area contributed by atoms with Crippen molar-refractivity contribution in [3.05, 3.63) is 53.6 Å². The van der Waals surface area contributed by atoms with Gasteiger partial charge in [0.25, 0.3) is 5.91 Å². The van der Waals surface area contributed by atoms with Gasteiger partial charge in [-0.2, -0.15) is 0 Å². The maximum Gasteiger partial charge on any atom is 0.252 e. The van der Waals surface area contributed by atoms with Crippen LogP contribution in [0.4, 0.5) is 0 Å². The van der Waals surface area contributed by atoms with Gasteiger partial charge in [-0.25, -0.2) is 0 Å². The Morgan fingerprint density at radius 3 is 1.87 bits per heavy atom. The molecule has 0 unspecified atom stereocenters. The van der Waals surface area contributed by atoms with E-state index in [0.717, 1.165) is 11.3 Å². The minimum absolute atomic E-state index is 0.134. The molecule has 0 aliphatic carbocycles. The van der Waals surface area contributed by atoms with Crippen molar-refractivity contribution in [2.24, 2.45) is 0 Å². The van der Waals surface area contributed by atoms with Crippen LogP contribution >= 0.6 is 0 Å². The molecule has 0 aliphatic heterocycles. The summed E-state index contributed by atoms with van der Waals surface area (Å²) in [6.45, 7) is 1.93. The Bertz CT molecular complexity index is 645. The van der Waals surface area contributed by atoms with Crippen molar-refractivity contribution in [3.63, 3.8) is 0 Å². The van der Waals surface area contributed by atoms with Crippen LogP contribution in [0.25, 0.3) is 0 Å². The fourth-order valence-corrected chi connectivity index (χ4v) is 2.19. The lowest BCUT2D eigenvalue weighted by molar-refractivity contribution is 0.0939. The van der Waals surface area contributed by atoms with Gasteiger partial charge in [-0.05, 0) is 36.8 Å². The number of hydrogen-bond donors (Lipinski definition) is 1. The fourth-order valence-electron chi connectivity index (χ4n) is 2.19. The molecule has 1 amide bonds. The first-order chi connectivity index (χ1) is 11.1. The van der Waals surface area contributed by atoms with Crippen LogP contribution in [-0.2, 0) is 0 Å². The molecule has 1 atom stereocenters. The lowest BCUT2D eigenvalue weighted by Gasteiger charge is -2.15. The molecule has 23 heavy (non-hydrogen) atoms. The molecule has 1 N–H and O–H groups in total. The van der Waals surface area contributed by atoms with Gasteiger partial charge in [-0.3, -0.25) is 4.79 Å². The first-order valence-corrected chi connectivity index (χ1v) is 7.25. The Morgan fingerprint density at radius 1 is 0.870 bits per heavy atom. The summed E-state index contributed by atoms with van der Waals surface area (Å²) in [5.74, 6) is 1.74. The van der Waals surface area contributed by atoms with Gasteiger partial charge in [-0.1, -0.05) is 12.1 Å². The number of ether oxygens (including phenoxy) is 3. The summed E-state index contributed by atoms with van der Waals surface area (Å²) < 4.78 is 15.5. The highest BCUT2D eigenvalue weighted by molar-refractivity contribution is 5.95. The standard InChI is InChI=1S/C18H21NO4/c1-12(13-5-7-15(21-2)8-6-13)19-18(20)14-9-16(22-3)11-17(10-14)23-4/h5-12H,1-4H3,(H,19,20)/t12-/m1/s1. The zero-order valence-corrected chi connectivity index (χ0v) is 13.8. The van der Waals surface area contributed by atoms with Crippen LogP contribution in [0.5, 0.6) is 17.2 Å². The van der Waals surface area contributed by atoms with E-state index in [2.05, 4.69) is 5.32 Å². The average molecular weight is 315 g/mol. The Labute approximate surface area is 136 Å². The van der Waals surface area contributed by atoms with E-state index in [9.17, 15) is 4.79 Å². The van der Waals surface area contributed by atoms with Crippen molar-refractivity contribution >= 4 is 5.91 Å². The highest BCUT2D eigenvalue weighted by Gasteiger charge is 2.14. The van der Waals surface area contributed by atoms with E-state index >= 15 is 0 Å². The molecule has 0 fully saturated rings. The monoisotopic (exact) mass is 315 g/mol. The van der Waals surface area contributed by atoms with E-state index in [0.29, 0.717) is 17.1 Å². The van der Waals surface area contributed by atoms with Gasteiger partial charge in [0.2, 0.25) is 0 Å². The lowest BCUT2D eigenvalue weighted by Crippen LogP contribution is -2.26. The number of carbonyl (C=O) groups is 1. The van der Waals surface area contributed by atoms with E-state index in [1.54, 1.807) is 39.5 Å². The molecule has 5 nitrogen and oxygen atoms in total. The van der Waals surface area contributed by atoms with E-state index in [1.165, 1.54) is 0 Å². The van der Waals surface area contributed by atoms with Crippen molar-refractivity contribution in [3.8, 4) is 17.2 Å². The minimum Gasteiger partial charge on any atom is -0.497 e. The second kappa shape index (κ2) is 7.54. The van der Waals surface area contributed by atoms with Crippen molar-refractivity contribution in [2.75, 3.05) is 21.3 Å². The van der Waals surface area contributed by atoms with Crippen molar-refractivity contribution in [1.82, 2.24) is 5.32 Å². The summed E-state index contributed by atoms with van der Waals surface area (Å²) >= 11 is 0. The fraction of sp³-hybridized carbons (Fsp3) is 0.278. The van der Waals surface area contributed by atoms with Crippen LogP contribution in [0.2, 0.25) is 0 Å². The maximum atomic E-state index is 12.4. The summed E-state index contributed by atoms with van der Waals surface area (Å²) in [6, 6.07) is 12.5. The Balaban J connectivity index is 2.14. The van der Waals surface area contributed by atoms with E-state index < -0.39 is 0 Å². The number of amides is 1. The first kappa shape index (κ1) is 16.7. The van der Waals surface area contributed by atoms with Gasteiger partial charge >= 0.3 is 0 Å². The van der Waals surface area contributed by atoms with Crippen LogP contribution in [-0.4, -0.2) is 27.2 Å². The van der Waals surface area contributed by atoms with Crippen LogP contribution in [0, 0.1) is 0 Å². The number of hydrogen-bond acceptors (Lipinski definition) is 4. The molecular weight excluding hydrogens is 294 g/mol. The number of methoxy groups -OCH3 is 3. The molecule has 0 bridgehead atoms. The highest BCUT2D eigenvalue weighted by atomic mass is 16.5. The van der Waals surface area contributed by atoms with Gasteiger partial charge in [0.1, 0.15) is 17.2 Å². The molecule has 0 spiro atoms. The van der Waals surface area contributed by atoms with Crippen LogP contribution in [0.15, 0.2) is 42.5 Å². The summed E-state index contributed by atoms with van der Waals surface area (Å²) in [5, 5.41) is 2.96. The van der Waals surface area contributed by atoms with E-state index in [4.69, 9.17) is 14.2 Å². The quantitative estimate of drug-likeness (QED) is 0.889. The molecule has 2 aromatic carbocycles. The molecule has 122 valence electrons. The van der Waals surface area contributed by atoms with Crippen molar-refractivity contribution in [2.45, 2.75) is 13.0 Å². The molecule has 0 radical (unpaired) electrons. The SMILES string of the molecule is COc1ccc([C@@H](C)NC(=O)c2cc(OC)cc(OC)c2)cc1. The van der Waals surface area contributed by atoms with Gasteiger partial charge in [-0.15, -0.1) is 0 Å². The average Bonchev–Trinajstić information content (AvgIpc) is 2.61. The maximum absolute atomic E-state index is 12.4. The number of nitrogens with one attached hydrogen (secondary N) is 1. The number of benzene rings is 2. The third-order valence-electron chi connectivity index (χ3n) is 3.58. The molecule has 0 heterocycles. The molecule has 5 heteroatoms. The van der Waals surface area contributed by atoms with Crippen LogP contribution in [0.1, 0.15) is 28.9 Å². The highest BCUT2D eigenvalue weighted by Crippen LogP contribution is 2.23. The van der Waals surface area contributed by atoms with Crippen LogP contribution in [0.3, 0.4) is 0 Å². The molecule has 0 aromatic heterocycles. The van der Waals surface area contributed by atoms with Gasteiger partial charge in [0, 0.05) is 11.6 Å². The predicted octanol–water partition coefficient (Wildman–Crippen LogP) is 3.20. The van der Waals surface area contributed by atoms with E-state index in [1.807, 2.05) is 31.2 Å². The normalized spacial score (nSPS) is 11.5. The zero-order chi connectivity index (χ0) is 16.8. The summed E-state index contributed by atoms with van der Waals surface area (Å²) in [7, 11) is 4.73. The summed E-state index contributed by atoms with van der Waals surface area (Å²) in [5.41, 5.74) is 1.48. The topological polar surface area (TPSA) is 56.8 Å². The minimum atomic E-state index is -0.189. The van der Waals surface area contributed by atoms with Crippen molar-refractivity contribution < 1.29 is 19.0 Å². The lowest BCUT2D eigenvalue weighted by atomic mass is 10.1. The molecule has 0 aliphatic rings. The first-order valence-electron chi connectivity index (χ1n) is 7.25. The van der Waals surface area contributed by atoms with E-state index in [-0.39, 0.29) is 11.9 Å². The Kier molecular flexibility index (Phi) is 5.46. The molecule has 0 saturated carbocycles. The molecule has 0 saturated heterocycles. The summed E-state index contributed by atoms with van der Waals surface area (Å²) in [6.07, 6.45) is 0. The van der Waals surface area contributed by atoms with Crippen LogP contribution < -0.4 is 19.5 Å². The predicted molar refractivity (Wildman–Crippen MR) is 88.4 cm³/mol. The smallest absolute Gasteiger partial charge is 0.252 e. The second-order valence-corrected chi connectivity index (χ2v) is 5.07. The molecule has 2 aromatic rings. The van der Waals surface area contributed by atoms with Gasteiger partial charge in [0.05, 0.1) is 27.4 Å². The van der Waals surface area contributed by atoms with Gasteiger partial charge < -0.3 is 19.5 Å². The zero-order valence-electron chi connectivity index (χ0n) is 13.8. The third kappa shape index (κ3) is 4.16. The summed E-state index contributed by atoms with van der Waals surface area (Å²) in [4.78, 5) is 12.4. The molecular formula is C18H21NO4. The number of carbonyl (C=O) groups excluding carboxylic acids is 1. The van der Waals surface area contributed by atoms with Crippen molar-refractivity contribution in [1.29, 1.82) is 0 Å². The third-order valence-corrected chi connectivity index (χ3v) is 3.58. The van der Waals surface area contributed by atoms with Gasteiger partial charge in [0.15, 0.2) is 0 Å².